The van der Waals surface area contributed by atoms with Crippen LogP contribution < -0.4 is 9.50 Å². The Hall–Kier alpha value is -3.62. The number of fused-ring (bicyclic) bond motifs is 1. The number of aromatic nitrogens is 2. The van der Waals surface area contributed by atoms with Gasteiger partial charge in [-0.2, -0.15) is 8.42 Å². The summed E-state index contributed by atoms with van der Waals surface area (Å²) in [5, 5.41) is 3.50. The van der Waals surface area contributed by atoms with Crippen molar-refractivity contribution >= 4 is 37.5 Å². The predicted octanol–water partition coefficient (Wildman–Crippen LogP) is 6.45. The van der Waals surface area contributed by atoms with Crippen LogP contribution in [0.4, 0.5) is 5.82 Å². The van der Waals surface area contributed by atoms with Crippen LogP contribution in [0.3, 0.4) is 0 Å². The zero-order chi connectivity index (χ0) is 24.4. The SMILES string of the molecule is Cc1cccn2c(NCc3ccccc3)c(-c3ccccc3OS(=O)(=O)c3ccc(Br)cc3)nc12. The fourth-order valence-corrected chi connectivity index (χ4v) is 5.06. The Labute approximate surface area is 212 Å². The Morgan fingerprint density at radius 2 is 1.63 bits per heavy atom. The van der Waals surface area contributed by atoms with Gasteiger partial charge < -0.3 is 9.50 Å². The van der Waals surface area contributed by atoms with E-state index in [1.165, 1.54) is 12.1 Å². The van der Waals surface area contributed by atoms with Gasteiger partial charge in [-0.25, -0.2) is 4.98 Å². The van der Waals surface area contributed by atoms with E-state index < -0.39 is 10.1 Å². The maximum atomic E-state index is 13.0. The summed E-state index contributed by atoms with van der Waals surface area (Å²) in [6, 6.07) is 27.4. The van der Waals surface area contributed by atoms with Crippen molar-refractivity contribution in [2.45, 2.75) is 18.4 Å². The minimum Gasteiger partial charge on any atom is -0.378 e. The molecule has 0 saturated carbocycles. The van der Waals surface area contributed by atoms with Gasteiger partial charge >= 0.3 is 10.1 Å². The first-order chi connectivity index (χ1) is 16.9. The zero-order valence-electron chi connectivity index (χ0n) is 18.9. The van der Waals surface area contributed by atoms with Crippen molar-refractivity contribution in [3.63, 3.8) is 0 Å². The normalized spacial score (nSPS) is 11.5. The second-order valence-corrected chi connectivity index (χ2v) is 10.5. The van der Waals surface area contributed by atoms with Crippen molar-refractivity contribution in [3.8, 4) is 17.0 Å². The lowest BCUT2D eigenvalue weighted by Gasteiger charge is -2.13. The molecule has 0 fully saturated rings. The van der Waals surface area contributed by atoms with E-state index in [-0.39, 0.29) is 10.6 Å². The number of hydrogen-bond donors (Lipinski definition) is 1. The number of aryl methyl sites for hydroxylation is 1. The van der Waals surface area contributed by atoms with Crippen LogP contribution >= 0.6 is 15.9 Å². The van der Waals surface area contributed by atoms with Crippen molar-refractivity contribution in [3.05, 3.63) is 113 Å². The lowest BCUT2D eigenvalue weighted by molar-refractivity contribution is 0.487. The Morgan fingerprint density at radius 1 is 0.914 bits per heavy atom. The Bertz CT molecular complexity index is 1600. The largest absolute Gasteiger partial charge is 0.378 e. The molecule has 0 aliphatic carbocycles. The number of nitrogens with zero attached hydrogens (tertiary/aromatic N) is 2. The first-order valence-corrected chi connectivity index (χ1v) is 13.2. The third-order valence-corrected chi connectivity index (χ3v) is 7.37. The molecule has 0 aliphatic rings. The number of hydrogen-bond acceptors (Lipinski definition) is 5. The molecule has 35 heavy (non-hydrogen) atoms. The van der Waals surface area contributed by atoms with Gasteiger partial charge in [0.15, 0.2) is 5.75 Å². The van der Waals surface area contributed by atoms with Gasteiger partial charge in [-0.15, -0.1) is 0 Å². The minimum atomic E-state index is -4.04. The van der Waals surface area contributed by atoms with Crippen molar-refractivity contribution in [1.29, 1.82) is 0 Å². The molecule has 0 aliphatic heterocycles. The molecule has 0 atom stereocenters. The number of halogens is 1. The quantitative estimate of drug-likeness (QED) is 0.237. The molecule has 8 heteroatoms. The first-order valence-electron chi connectivity index (χ1n) is 11.0. The lowest BCUT2D eigenvalue weighted by atomic mass is 10.1. The average molecular weight is 548 g/mol. The highest BCUT2D eigenvalue weighted by molar-refractivity contribution is 9.10. The van der Waals surface area contributed by atoms with Gasteiger partial charge in [0.05, 0.1) is 0 Å². The average Bonchev–Trinajstić information content (AvgIpc) is 3.23. The smallest absolute Gasteiger partial charge is 0.339 e. The van der Waals surface area contributed by atoms with Gasteiger partial charge in [-0.3, -0.25) is 4.40 Å². The van der Waals surface area contributed by atoms with E-state index in [4.69, 9.17) is 9.17 Å². The molecule has 0 saturated heterocycles. The molecule has 3 aromatic carbocycles. The van der Waals surface area contributed by atoms with E-state index in [0.29, 0.717) is 17.8 Å². The maximum absolute atomic E-state index is 13.0. The summed E-state index contributed by atoms with van der Waals surface area (Å²) in [6.07, 6.45) is 1.94. The third-order valence-electron chi connectivity index (χ3n) is 5.59. The zero-order valence-corrected chi connectivity index (χ0v) is 21.3. The standard InChI is InChI=1S/C27H22BrN3O3S/c1-19-8-7-17-31-26(19)30-25(27(31)29-18-20-9-3-2-4-10-20)23-11-5-6-12-24(23)34-35(32,33)22-15-13-21(28)14-16-22/h2-17,29H,18H2,1H3. The van der Waals surface area contributed by atoms with Gasteiger partial charge in [-0.05, 0) is 60.5 Å². The Balaban J connectivity index is 1.59. The van der Waals surface area contributed by atoms with Gasteiger partial charge in [-0.1, -0.05) is 64.5 Å². The summed E-state index contributed by atoms with van der Waals surface area (Å²) < 4.78 is 34.5. The van der Waals surface area contributed by atoms with Crippen LogP contribution in [0.25, 0.3) is 16.9 Å². The van der Waals surface area contributed by atoms with Crippen LogP contribution in [0.5, 0.6) is 5.75 Å². The summed E-state index contributed by atoms with van der Waals surface area (Å²) in [7, 11) is -4.04. The molecule has 2 heterocycles. The van der Waals surface area contributed by atoms with Crippen LogP contribution in [0, 0.1) is 6.92 Å². The number of rotatable bonds is 7. The van der Waals surface area contributed by atoms with Gasteiger partial charge in [0.2, 0.25) is 0 Å². The van der Waals surface area contributed by atoms with Crippen LogP contribution in [0.1, 0.15) is 11.1 Å². The van der Waals surface area contributed by atoms with Crippen LogP contribution in [0.15, 0.2) is 107 Å². The van der Waals surface area contributed by atoms with Gasteiger partial charge in [0.1, 0.15) is 22.1 Å². The molecule has 0 amide bonds. The van der Waals surface area contributed by atoms with E-state index >= 15 is 0 Å². The van der Waals surface area contributed by atoms with E-state index in [0.717, 1.165) is 27.1 Å². The highest BCUT2D eigenvalue weighted by Gasteiger charge is 2.23. The molecular weight excluding hydrogens is 526 g/mol. The van der Waals surface area contributed by atoms with Crippen molar-refractivity contribution in [2.75, 3.05) is 5.32 Å². The first kappa shape index (κ1) is 23.1. The summed E-state index contributed by atoms with van der Waals surface area (Å²) in [5.74, 6) is 0.962. The molecule has 1 N–H and O–H groups in total. The Morgan fingerprint density at radius 3 is 2.40 bits per heavy atom. The highest BCUT2D eigenvalue weighted by Crippen LogP contribution is 2.37. The summed E-state index contributed by atoms with van der Waals surface area (Å²) in [5.41, 5.74) is 4.08. The molecule has 176 valence electrons. The van der Waals surface area contributed by atoms with E-state index in [1.54, 1.807) is 24.3 Å². The van der Waals surface area contributed by atoms with Crippen molar-refractivity contribution in [1.82, 2.24) is 9.38 Å². The predicted molar refractivity (Wildman–Crippen MR) is 141 cm³/mol. The molecule has 5 rings (SSSR count). The summed E-state index contributed by atoms with van der Waals surface area (Å²) in [6.45, 7) is 2.57. The second-order valence-electron chi connectivity index (χ2n) is 8.02. The summed E-state index contributed by atoms with van der Waals surface area (Å²) in [4.78, 5) is 4.96. The molecule has 2 aromatic heterocycles. The molecule has 6 nitrogen and oxygen atoms in total. The number of pyridine rings is 1. The maximum Gasteiger partial charge on any atom is 0.339 e. The van der Waals surface area contributed by atoms with Gasteiger partial charge in [0.25, 0.3) is 0 Å². The molecule has 0 bridgehead atoms. The van der Waals surface area contributed by atoms with E-state index in [1.807, 2.05) is 72.1 Å². The number of para-hydroxylation sites is 1. The number of nitrogens with one attached hydrogen (secondary N) is 1. The summed E-state index contributed by atoms with van der Waals surface area (Å²) >= 11 is 3.33. The minimum absolute atomic E-state index is 0.0729. The van der Waals surface area contributed by atoms with Crippen LogP contribution in [-0.4, -0.2) is 17.8 Å². The topological polar surface area (TPSA) is 72.7 Å². The molecule has 5 aromatic rings. The lowest BCUT2D eigenvalue weighted by Crippen LogP contribution is -2.10. The molecule has 0 radical (unpaired) electrons. The fraction of sp³-hybridized carbons (Fsp3) is 0.0741. The fourth-order valence-electron chi connectivity index (χ4n) is 3.84. The Kier molecular flexibility index (Phi) is 6.32. The number of imidazole rings is 1. The molecular formula is C27H22BrN3O3S. The molecule has 0 unspecified atom stereocenters. The van der Waals surface area contributed by atoms with Crippen LogP contribution in [0.2, 0.25) is 0 Å². The number of anilines is 1. The van der Waals surface area contributed by atoms with Crippen LogP contribution in [-0.2, 0) is 16.7 Å². The second kappa shape index (κ2) is 9.56. The van der Waals surface area contributed by atoms with E-state index in [2.05, 4.69) is 21.2 Å². The van der Waals surface area contributed by atoms with Crippen molar-refractivity contribution in [2.24, 2.45) is 0 Å². The van der Waals surface area contributed by atoms with Crippen molar-refractivity contribution < 1.29 is 12.6 Å². The molecule has 0 spiro atoms. The van der Waals surface area contributed by atoms with Gasteiger partial charge in [0, 0.05) is 22.8 Å². The monoisotopic (exact) mass is 547 g/mol. The highest BCUT2D eigenvalue weighted by atomic mass is 79.9. The third kappa shape index (κ3) is 4.80. The number of benzene rings is 3. The van der Waals surface area contributed by atoms with E-state index in [9.17, 15) is 8.42 Å².